The largest absolute Gasteiger partial charge is 0.492 e. The van der Waals surface area contributed by atoms with E-state index in [1.165, 1.54) is 11.8 Å². The fraction of sp³-hybridized carbons (Fsp3) is 0.519. The monoisotopic (exact) mass is 519 g/mol. The fourth-order valence-corrected chi connectivity index (χ4v) is 7.49. The van der Waals surface area contributed by atoms with E-state index in [1.807, 2.05) is 42.7 Å². The topological polar surface area (TPSA) is 83.9 Å². The molecule has 1 aliphatic rings. The van der Waals surface area contributed by atoms with Gasteiger partial charge >= 0.3 is 5.97 Å². The number of nitrogens with zero attached hydrogens (tertiary/aromatic N) is 1. The lowest BCUT2D eigenvalue weighted by Crippen LogP contribution is -2.38. The number of anilines is 2. The van der Waals surface area contributed by atoms with E-state index in [9.17, 15) is 13.2 Å². The van der Waals surface area contributed by atoms with Crippen LogP contribution in [-0.2, 0) is 14.6 Å². The van der Waals surface area contributed by atoms with Crippen LogP contribution in [0.5, 0.6) is 5.75 Å². The summed E-state index contributed by atoms with van der Waals surface area (Å²) < 4.78 is 33.7. The lowest BCUT2D eigenvalue weighted by atomic mass is 9.79. The van der Waals surface area contributed by atoms with Gasteiger partial charge in [0.15, 0.2) is 9.84 Å². The normalized spacial score (nSPS) is 16.4. The predicted octanol–water partition coefficient (Wildman–Crippen LogP) is 6.55. The van der Waals surface area contributed by atoms with Crippen LogP contribution in [-0.4, -0.2) is 44.7 Å². The highest BCUT2D eigenvalue weighted by molar-refractivity contribution is 7.98. The van der Waals surface area contributed by atoms with Gasteiger partial charge < -0.3 is 14.7 Å². The summed E-state index contributed by atoms with van der Waals surface area (Å²) >= 11 is 1.46. The van der Waals surface area contributed by atoms with Crippen LogP contribution in [0, 0.1) is 5.41 Å². The van der Waals surface area contributed by atoms with Gasteiger partial charge in [0.1, 0.15) is 5.75 Å². The molecule has 0 aliphatic carbocycles. The average molecular weight is 520 g/mol. The van der Waals surface area contributed by atoms with Crippen molar-refractivity contribution in [3.63, 3.8) is 0 Å². The highest BCUT2D eigenvalue weighted by Gasteiger charge is 2.42. The molecule has 0 saturated carbocycles. The number of carbonyl (C=O) groups is 1. The number of ether oxygens (including phenoxy) is 1. The molecule has 0 spiro atoms. The molecule has 0 amide bonds. The first-order valence-corrected chi connectivity index (χ1v) is 15.2. The SMILES string of the molecule is CCCCC1(CCCC)CN(c2ccccc2)c2cc(SC)c(OCCC(=O)O)cc2S(=O)(=O)C1. The summed E-state index contributed by atoms with van der Waals surface area (Å²) in [4.78, 5) is 14.2. The molecular weight excluding hydrogens is 482 g/mol. The number of thioether (sulfide) groups is 1. The molecule has 35 heavy (non-hydrogen) atoms. The van der Waals surface area contributed by atoms with Gasteiger partial charge in [0.25, 0.3) is 0 Å². The molecule has 0 atom stereocenters. The van der Waals surface area contributed by atoms with Crippen molar-refractivity contribution in [2.75, 3.05) is 30.1 Å². The Morgan fingerprint density at radius 2 is 1.77 bits per heavy atom. The van der Waals surface area contributed by atoms with E-state index >= 15 is 0 Å². The van der Waals surface area contributed by atoms with E-state index in [0.29, 0.717) is 18.0 Å². The van der Waals surface area contributed by atoms with E-state index in [0.717, 1.165) is 49.1 Å². The number of hydrogen-bond acceptors (Lipinski definition) is 6. The molecule has 2 aromatic rings. The third kappa shape index (κ3) is 6.73. The second kappa shape index (κ2) is 12.2. The van der Waals surface area contributed by atoms with Crippen molar-refractivity contribution in [3.8, 4) is 5.75 Å². The molecule has 3 rings (SSSR count). The van der Waals surface area contributed by atoms with Crippen LogP contribution < -0.4 is 9.64 Å². The molecule has 1 N–H and O–H groups in total. The van der Waals surface area contributed by atoms with E-state index in [2.05, 4.69) is 18.7 Å². The van der Waals surface area contributed by atoms with Crippen molar-refractivity contribution in [2.45, 2.75) is 68.6 Å². The van der Waals surface area contributed by atoms with Gasteiger partial charge in [0, 0.05) is 23.7 Å². The molecule has 0 bridgehead atoms. The summed E-state index contributed by atoms with van der Waals surface area (Å²) in [5.41, 5.74) is 1.28. The minimum atomic E-state index is -3.62. The zero-order chi connectivity index (χ0) is 25.5. The quantitative estimate of drug-likeness (QED) is 0.318. The highest BCUT2D eigenvalue weighted by Crippen LogP contribution is 2.47. The summed E-state index contributed by atoms with van der Waals surface area (Å²) in [6, 6.07) is 13.5. The Kier molecular flexibility index (Phi) is 9.53. The molecule has 0 aromatic heterocycles. The second-order valence-corrected chi connectivity index (χ2v) is 12.2. The summed E-state index contributed by atoms with van der Waals surface area (Å²) in [6.45, 7) is 4.92. The predicted molar refractivity (Wildman–Crippen MR) is 143 cm³/mol. The maximum absolute atomic E-state index is 14.0. The van der Waals surface area contributed by atoms with Gasteiger partial charge in [-0.25, -0.2) is 8.42 Å². The minimum Gasteiger partial charge on any atom is -0.492 e. The van der Waals surface area contributed by atoms with Gasteiger partial charge in [0.2, 0.25) is 0 Å². The van der Waals surface area contributed by atoms with Crippen molar-refractivity contribution >= 4 is 38.9 Å². The number of fused-ring (bicyclic) bond motifs is 1. The van der Waals surface area contributed by atoms with Gasteiger partial charge in [-0.3, -0.25) is 4.79 Å². The Morgan fingerprint density at radius 1 is 1.11 bits per heavy atom. The highest BCUT2D eigenvalue weighted by atomic mass is 32.2. The number of benzene rings is 2. The number of carboxylic acid groups (broad SMARTS) is 1. The lowest BCUT2D eigenvalue weighted by molar-refractivity contribution is -0.137. The smallest absolute Gasteiger partial charge is 0.306 e. The zero-order valence-electron chi connectivity index (χ0n) is 21.0. The Bertz CT molecular complexity index is 1090. The average Bonchev–Trinajstić information content (AvgIpc) is 2.93. The summed E-state index contributed by atoms with van der Waals surface area (Å²) in [5.74, 6) is -0.433. The molecule has 0 saturated heterocycles. The van der Waals surface area contributed by atoms with E-state index in [-0.39, 0.29) is 29.1 Å². The van der Waals surface area contributed by atoms with Crippen molar-refractivity contribution in [1.82, 2.24) is 0 Å². The zero-order valence-corrected chi connectivity index (χ0v) is 22.6. The number of aliphatic carboxylic acids is 1. The minimum absolute atomic E-state index is 0.0128. The molecule has 0 radical (unpaired) electrons. The molecule has 192 valence electrons. The Labute approximate surface area is 214 Å². The summed E-state index contributed by atoms with van der Waals surface area (Å²) in [7, 11) is -3.62. The second-order valence-electron chi connectivity index (χ2n) is 9.35. The number of unbranched alkanes of at least 4 members (excludes halogenated alkanes) is 2. The van der Waals surface area contributed by atoms with Crippen LogP contribution in [0.4, 0.5) is 11.4 Å². The Morgan fingerprint density at radius 3 is 2.34 bits per heavy atom. The number of hydrogen-bond donors (Lipinski definition) is 1. The Balaban J connectivity index is 2.19. The van der Waals surface area contributed by atoms with Gasteiger partial charge in [0.05, 0.1) is 34.3 Å². The van der Waals surface area contributed by atoms with E-state index in [1.54, 1.807) is 6.07 Å². The van der Waals surface area contributed by atoms with Crippen LogP contribution in [0.15, 0.2) is 52.3 Å². The third-order valence-electron chi connectivity index (χ3n) is 6.62. The molecular formula is C27H37NO5S2. The number of sulfone groups is 1. The molecule has 1 heterocycles. The summed E-state index contributed by atoms with van der Waals surface area (Å²) in [5, 5.41) is 9.00. The van der Waals surface area contributed by atoms with Gasteiger partial charge in [-0.15, -0.1) is 11.8 Å². The van der Waals surface area contributed by atoms with Crippen LogP contribution >= 0.6 is 11.8 Å². The first-order valence-electron chi connectivity index (χ1n) is 12.4. The van der Waals surface area contributed by atoms with Gasteiger partial charge in [-0.05, 0) is 37.3 Å². The van der Waals surface area contributed by atoms with Crippen molar-refractivity contribution in [1.29, 1.82) is 0 Å². The van der Waals surface area contributed by atoms with E-state index in [4.69, 9.17) is 9.84 Å². The number of carboxylic acids is 1. The summed E-state index contributed by atoms with van der Waals surface area (Å²) in [6.07, 6.45) is 7.49. The lowest BCUT2D eigenvalue weighted by Gasteiger charge is -2.37. The maximum Gasteiger partial charge on any atom is 0.306 e. The first kappa shape index (κ1) is 27.4. The molecule has 2 aromatic carbocycles. The standard InChI is InChI=1S/C27H37NO5S2/c1-4-6-14-27(15-7-5-2)19-28(21-11-9-8-10-12-21)22-17-24(34-3)23(33-16-13-26(29)30)18-25(22)35(31,32)20-27/h8-12,17-18H,4-7,13-16,19-20H2,1-3H3,(H,29,30). The third-order valence-corrected chi connectivity index (χ3v) is 9.37. The van der Waals surface area contributed by atoms with Crippen LogP contribution in [0.1, 0.15) is 58.8 Å². The van der Waals surface area contributed by atoms with Crippen molar-refractivity contribution in [2.24, 2.45) is 5.41 Å². The fourth-order valence-electron chi connectivity index (χ4n) is 4.83. The van der Waals surface area contributed by atoms with Gasteiger partial charge in [-0.1, -0.05) is 57.7 Å². The maximum atomic E-state index is 14.0. The van der Waals surface area contributed by atoms with Gasteiger partial charge in [-0.2, -0.15) is 0 Å². The molecule has 6 nitrogen and oxygen atoms in total. The van der Waals surface area contributed by atoms with Crippen molar-refractivity contribution < 1.29 is 23.1 Å². The molecule has 0 unspecified atom stereocenters. The Hall–Kier alpha value is -2.19. The molecule has 1 aliphatic heterocycles. The molecule has 8 heteroatoms. The number of para-hydroxylation sites is 1. The van der Waals surface area contributed by atoms with Crippen LogP contribution in [0.3, 0.4) is 0 Å². The molecule has 0 fully saturated rings. The van der Waals surface area contributed by atoms with Crippen LogP contribution in [0.2, 0.25) is 0 Å². The van der Waals surface area contributed by atoms with Crippen molar-refractivity contribution in [3.05, 3.63) is 42.5 Å². The van der Waals surface area contributed by atoms with E-state index < -0.39 is 15.8 Å². The van der Waals surface area contributed by atoms with Crippen LogP contribution in [0.25, 0.3) is 0 Å². The number of rotatable bonds is 12. The first-order chi connectivity index (χ1) is 16.7.